The summed E-state index contributed by atoms with van der Waals surface area (Å²) in [6.45, 7) is 12.3. The lowest BCUT2D eigenvalue weighted by Gasteiger charge is -2.30. The van der Waals surface area contributed by atoms with E-state index in [2.05, 4.69) is 27.4 Å². The van der Waals surface area contributed by atoms with Crippen molar-refractivity contribution < 1.29 is 8.42 Å². The Morgan fingerprint density at radius 3 is 2.29 bits per heavy atom. The maximum absolute atomic E-state index is 12.1. The molecule has 1 aliphatic rings. The molecule has 0 aromatic rings. The van der Waals surface area contributed by atoms with Crippen molar-refractivity contribution in [3.63, 3.8) is 0 Å². The van der Waals surface area contributed by atoms with Gasteiger partial charge in [-0.3, -0.25) is 4.99 Å². The summed E-state index contributed by atoms with van der Waals surface area (Å²) in [4.78, 5) is 6.67. The quantitative estimate of drug-likeness (QED) is 0.409. The summed E-state index contributed by atoms with van der Waals surface area (Å²) < 4.78 is 23.4. The van der Waals surface area contributed by atoms with Gasteiger partial charge in [0.15, 0.2) is 15.8 Å². The zero-order valence-corrected chi connectivity index (χ0v) is 16.9. The van der Waals surface area contributed by atoms with E-state index in [0.717, 1.165) is 25.4 Å². The molecule has 1 fully saturated rings. The SMILES string of the molecule is CN=C(NCCCN1CCC(C)CC1)NCCS(=O)(=O)C(C)(C)C. The van der Waals surface area contributed by atoms with Gasteiger partial charge in [0.05, 0.1) is 10.5 Å². The fourth-order valence-corrected chi connectivity index (χ4v) is 3.61. The number of guanidine groups is 1. The maximum Gasteiger partial charge on any atom is 0.191 e. The number of hydrogen-bond acceptors (Lipinski definition) is 4. The first kappa shape index (κ1) is 21.2. The molecule has 2 N–H and O–H groups in total. The molecule has 0 aromatic carbocycles. The van der Waals surface area contributed by atoms with Crippen molar-refractivity contribution in [3.05, 3.63) is 0 Å². The molecule has 0 aliphatic carbocycles. The van der Waals surface area contributed by atoms with Crippen LogP contribution in [0.1, 0.15) is 47.0 Å². The van der Waals surface area contributed by atoms with Gasteiger partial charge in [-0.15, -0.1) is 0 Å². The predicted octanol–water partition coefficient (Wildman–Crippen LogP) is 1.49. The molecule has 0 atom stereocenters. The van der Waals surface area contributed by atoms with Crippen molar-refractivity contribution in [3.8, 4) is 0 Å². The Hall–Kier alpha value is -0.820. The van der Waals surface area contributed by atoms with Gasteiger partial charge in [0, 0.05) is 20.1 Å². The Bertz CT molecular complexity index is 489. The van der Waals surface area contributed by atoms with Gasteiger partial charge in [0.25, 0.3) is 0 Å². The van der Waals surface area contributed by atoms with Crippen LogP contribution in [0, 0.1) is 5.92 Å². The topological polar surface area (TPSA) is 73.8 Å². The molecule has 6 nitrogen and oxygen atoms in total. The van der Waals surface area contributed by atoms with Crippen LogP contribution in [0.3, 0.4) is 0 Å². The number of nitrogens with zero attached hydrogens (tertiary/aromatic N) is 2. The summed E-state index contributed by atoms with van der Waals surface area (Å²) in [5, 5.41) is 6.35. The Morgan fingerprint density at radius 1 is 1.17 bits per heavy atom. The summed E-state index contributed by atoms with van der Waals surface area (Å²) in [6.07, 6.45) is 3.67. The van der Waals surface area contributed by atoms with Crippen molar-refractivity contribution >= 4 is 15.8 Å². The molecule has 0 amide bonds. The molecule has 0 radical (unpaired) electrons. The van der Waals surface area contributed by atoms with Gasteiger partial charge in [-0.25, -0.2) is 8.42 Å². The molecule has 7 heteroatoms. The second-order valence-electron chi connectivity index (χ2n) is 7.73. The lowest BCUT2D eigenvalue weighted by Crippen LogP contribution is -2.42. The largest absolute Gasteiger partial charge is 0.356 e. The molecule has 1 aliphatic heterocycles. The number of sulfone groups is 1. The Morgan fingerprint density at radius 2 is 1.75 bits per heavy atom. The first-order valence-corrected chi connectivity index (χ1v) is 10.7. The molecule has 0 bridgehead atoms. The fraction of sp³-hybridized carbons (Fsp3) is 0.941. The summed E-state index contributed by atoms with van der Waals surface area (Å²) in [5.74, 6) is 1.65. The number of piperidine rings is 1. The predicted molar refractivity (Wildman–Crippen MR) is 102 cm³/mol. The summed E-state index contributed by atoms with van der Waals surface area (Å²) >= 11 is 0. The van der Waals surface area contributed by atoms with Crippen LogP contribution in [-0.2, 0) is 9.84 Å². The zero-order chi connectivity index (χ0) is 18.2. The van der Waals surface area contributed by atoms with Crippen molar-refractivity contribution in [1.82, 2.24) is 15.5 Å². The third-order valence-electron chi connectivity index (χ3n) is 4.64. The van der Waals surface area contributed by atoms with E-state index in [1.165, 1.54) is 25.9 Å². The summed E-state index contributed by atoms with van der Waals surface area (Å²) in [5.41, 5.74) is 0. The third-order valence-corrected chi connectivity index (χ3v) is 7.25. The molecule has 1 rings (SSSR count). The average Bonchev–Trinajstić information content (AvgIpc) is 2.50. The van der Waals surface area contributed by atoms with E-state index in [-0.39, 0.29) is 5.75 Å². The van der Waals surface area contributed by atoms with Crippen molar-refractivity contribution in [2.45, 2.75) is 51.7 Å². The van der Waals surface area contributed by atoms with Crippen LogP contribution in [0.15, 0.2) is 4.99 Å². The highest BCUT2D eigenvalue weighted by molar-refractivity contribution is 7.92. The third kappa shape index (κ3) is 7.38. The zero-order valence-electron chi connectivity index (χ0n) is 16.1. The van der Waals surface area contributed by atoms with Crippen molar-refractivity contribution in [1.29, 1.82) is 0 Å². The van der Waals surface area contributed by atoms with E-state index in [9.17, 15) is 8.42 Å². The molecule has 1 saturated heterocycles. The maximum atomic E-state index is 12.1. The van der Waals surface area contributed by atoms with E-state index >= 15 is 0 Å². The van der Waals surface area contributed by atoms with E-state index < -0.39 is 14.6 Å². The molecule has 24 heavy (non-hydrogen) atoms. The van der Waals surface area contributed by atoms with Crippen LogP contribution in [0.5, 0.6) is 0 Å². The lowest BCUT2D eigenvalue weighted by atomic mass is 9.99. The highest BCUT2D eigenvalue weighted by Crippen LogP contribution is 2.16. The number of likely N-dealkylation sites (tertiary alicyclic amines) is 1. The summed E-state index contributed by atoms with van der Waals surface area (Å²) in [6, 6.07) is 0. The normalized spacial score (nSPS) is 18.6. The van der Waals surface area contributed by atoms with Crippen LogP contribution in [-0.4, -0.2) is 69.5 Å². The Kier molecular flexibility index (Phi) is 8.50. The minimum absolute atomic E-state index is 0.114. The van der Waals surface area contributed by atoms with Gasteiger partial charge in [-0.1, -0.05) is 6.92 Å². The van der Waals surface area contributed by atoms with Crippen molar-refractivity contribution in [2.75, 3.05) is 45.5 Å². The van der Waals surface area contributed by atoms with E-state index in [1.807, 2.05) is 0 Å². The van der Waals surface area contributed by atoms with Gasteiger partial charge >= 0.3 is 0 Å². The smallest absolute Gasteiger partial charge is 0.191 e. The highest BCUT2D eigenvalue weighted by Gasteiger charge is 2.28. The van der Waals surface area contributed by atoms with Gasteiger partial charge in [0.1, 0.15) is 0 Å². The number of hydrogen-bond donors (Lipinski definition) is 2. The molecule has 0 unspecified atom stereocenters. The fourth-order valence-electron chi connectivity index (χ4n) is 2.63. The molecular formula is C17H36N4O2S. The second kappa shape index (κ2) is 9.61. The van der Waals surface area contributed by atoms with E-state index in [0.29, 0.717) is 12.5 Å². The van der Waals surface area contributed by atoms with Crippen LogP contribution < -0.4 is 10.6 Å². The lowest BCUT2D eigenvalue weighted by molar-refractivity contribution is 0.191. The van der Waals surface area contributed by atoms with Gasteiger partial charge in [-0.2, -0.15) is 0 Å². The molecule has 142 valence electrons. The van der Waals surface area contributed by atoms with Crippen LogP contribution in [0.2, 0.25) is 0 Å². The molecule has 0 saturated carbocycles. The molecule has 0 aromatic heterocycles. The van der Waals surface area contributed by atoms with E-state index in [4.69, 9.17) is 0 Å². The number of nitrogens with one attached hydrogen (secondary N) is 2. The van der Waals surface area contributed by atoms with Crippen LogP contribution >= 0.6 is 0 Å². The van der Waals surface area contributed by atoms with E-state index in [1.54, 1.807) is 27.8 Å². The van der Waals surface area contributed by atoms with Crippen LogP contribution in [0.4, 0.5) is 0 Å². The monoisotopic (exact) mass is 360 g/mol. The first-order valence-electron chi connectivity index (χ1n) is 9.05. The van der Waals surface area contributed by atoms with Gasteiger partial charge in [0.2, 0.25) is 0 Å². The Balaban J connectivity index is 2.19. The number of rotatable bonds is 7. The molecule has 1 heterocycles. The Labute approximate surface area is 148 Å². The standard InChI is InChI=1S/C17H36N4O2S/c1-15-7-12-21(13-8-15)11-6-9-19-16(18-5)20-10-14-24(22,23)17(2,3)4/h15H,6-14H2,1-5H3,(H2,18,19,20). The van der Waals surface area contributed by atoms with Gasteiger partial charge in [-0.05, 0) is 65.6 Å². The number of aliphatic imine (C=N–C) groups is 1. The second-order valence-corrected chi connectivity index (χ2v) is 10.6. The van der Waals surface area contributed by atoms with Crippen LogP contribution in [0.25, 0.3) is 0 Å². The van der Waals surface area contributed by atoms with Crippen molar-refractivity contribution in [2.24, 2.45) is 10.9 Å². The minimum Gasteiger partial charge on any atom is -0.356 e. The molecular weight excluding hydrogens is 324 g/mol. The van der Waals surface area contributed by atoms with Gasteiger partial charge < -0.3 is 15.5 Å². The summed E-state index contributed by atoms with van der Waals surface area (Å²) in [7, 11) is -1.39. The first-order chi connectivity index (χ1) is 11.2. The molecule has 0 spiro atoms. The highest BCUT2D eigenvalue weighted by atomic mass is 32.2. The minimum atomic E-state index is -3.10. The average molecular weight is 361 g/mol.